The minimum absolute atomic E-state index is 0.431. The lowest BCUT2D eigenvalue weighted by molar-refractivity contribution is 0.0104. The fourth-order valence-electron chi connectivity index (χ4n) is 3.66. The van der Waals surface area contributed by atoms with Crippen molar-refractivity contribution in [1.29, 1.82) is 0 Å². The highest BCUT2D eigenvalue weighted by atomic mass is 16.5. The van der Waals surface area contributed by atoms with E-state index in [4.69, 9.17) is 10.5 Å². The number of nitrogen functional groups attached to an aromatic ring is 1. The van der Waals surface area contributed by atoms with E-state index in [1.165, 1.54) is 24.1 Å². The number of hydrogen-bond acceptors (Lipinski definition) is 6. The van der Waals surface area contributed by atoms with Crippen LogP contribution in [-0.2, 0) is 17.6 Å². The van der Waals surface area contributed by atoms with Gasteiger partial charge in [-0.05, 0) is 25.7 Å². The molecule has 2 aliphatic heterocycles. The minimum Gasteiger partial charge on any atom is -0.379 e. The molecule has 2 saturated heterocycles. The van der Waals surface area contributed by atoms with Gasteiger partial charge in [0.05, 0.1) is 18.9 Å². The van der Waals surface area contributed by atoms with E-state index in [-0.39, 0.29) is 0 Å². The van der Waals surface area contributed by atoms with Crippen molar-refractivity contribution in [3.05, 3.63) is 11.3 Å². The molecule has 1 aromatic heterocycles. The maximum atomic E-state index is 5.90. The van der Waals surface area contributed by atoms with Crippen LogP contribution in [0.5, 0.6) is 0 Å². The molecule has 0 unspecified atom stereocenters. The van der Waals surface area contributed by atoms with Gasteiger partial charge in [-0.25, -0.2) is 4.98 Å². The van der Waals surface area contributed by atoms with Gasteiger partial charge in [-0.2, -0.15) is 4.98 Å². The predicted octanol–water partition coefficient (Wildman–Crippen LogP) is 0.458. The van der Waals surface area contributed by atoms with Crippen molar-refractivity contribution in [1.82, 2.24) is 14.9 Å². The SMILES string of the molecule is Nc1nc2c(c(N3CC(N4CCOCC4)C3)n1)CCCC2. The summed E-state index contributed by atoms with van der Waals surface area (Å²) in [5.74, 6) is 1.53. The predicted molar refractivity (Wildman–Crippen MR) is 81.5 cm³/mol. The second-order valence-electron chi connectivity index (χ2n) is 6.24. The van der Waals surface area contributed by atoms with Crippen molar-refractivity contribution in [2.24, 2.45) is 0 Å². The maximum absolute atomic E-state index is 5.90. The van der Waals surface area contributed by atoms with E-state index in [1.807, 2.05) is 0 Å². The van der Waals surface area contributed by atoms with E-state index in [0.717, 1.165) is 58.1 Å². The zero-order valence-electron chi connectivity index (χ0n) is 12.4. The summed E-state index contributed by atoms with van der Waals surface area (Å²) in [5, 5.41) is 0. The van der Waals surface area contributed by atoms with Gasteiger partial charge in [0.15, 0.2) is 0 Å². The van der Waals surface area contributed by atoms with Gasteiger partial charge >= 0.3 is 0 Å². The van der Waals surface area contributed by atoms with Gasteiger partial charge in [0.25, 0.3) is 0 Å². The fourth-order valence-corrected chi connectivity index (χ4v) is 3.66. The van der Waals surface area contributed by atoms with Crippen molar-refractivity contribution in [2.45, 2.75) is 31.7 Å². The molecule has 114 valence electrons. The molecule has 3 heterocycles. The Morgan fingerprint density at radius 3 is 2.62 bits per heavy atom. The van der Waals surface area contributed by atoms with Crippen LogP contribution in [0.3, 0.4) is 0 Å². The summed E-state index contributed by atoms with van der Waals surface area (Å²) in [6.07, 6.45) is 4.62. The molecule has 6 nitrogen and oxygen atoms in total. The number of fused-ring (bicyclic) bond motifs is 1. The Labute approximate surface area is 125 Å². The molecule has 0 amide bonds. The van der Waals surface area contributed by atoms with E-state index in [0.29, 0.717) is 12.0 Å². The Bertz CT molecular complexity index is 523. The molecule has 21 heavy (non-hydrogen) atoms. The van der Waals surface area contributed by atoms with Crippen LogP contribution in [0, 0.1) is 0 Å². The Kier molecular flexibility index (Phi) is 3.43. The van der Waals surface area contributed by atoms with Gasteiger partial charge in [0.1, 0.15) is 5.82 Å². The van der Waals surface area contributed by atoms with Crippen molar-refractivity contribution < 1.29 is 4.74 Å². The van der Waals surface area contributed by atoms with E-state index >= 15 is 0 Å². The molecule has 2 fully saturated rings. The standard InChI is InChI=1S/C15H23N5O/c16-15-17-13-4-2-1-3-12(13)14(18-15)20-9-11(10-20)19-5-7-21-8-6-19/h11H,1-10H2,(H2,16,17,18). The lowest BCUT2D eigenvalue weighted by Crippen LogP contribution is -2.62. The van der Waals surface area contributed by atoms with Crippen LogP contribution < -0.4 is 10.6 Å². The molecular weight excluding hydrogens is 266 g/mol. The molecular formula is C15H23N5O. The molecule has 0 aromatic carbocycles. The third-order valence-corrected chi connectivity index (χ3v) is 4.90. The second kappa shape index (κ2) is 5.42. The zero-order valence-corrected chi connectivity index (χ0v) is 12.4. The number of rotatable bonds is 2. The highest BCUT2D eigenvalue weighted by Crippen LogP contribution is 2.32. The van der Waals surface area contributed by atoms with Gasteiger partial charge in [0.2, 0.25) is 5.95 Å². The van der Waals surface area contributed by atoms with Crippen molar-refractivity contribution in [3.8, 4) is 0 Å². The molecule has 4 rings (SSSR count). The second-order valence-corrected chi connectivity index (χ2v) is 6.24. The van der Waals surface area contributed by atoms with E-state index < -0.39 is 0 Å². The third kappa shape index (κ3) is 2.46. The average molecular weight is 289 g/mol. The summed E-state index contributed by atoms with van der Waals surface area (Å²) >= 11 is 0. The van der Waals surface area contributed by atoms with Crippen molar-refractivity contribution in [3.63, 3.8) is 0 Å². The topological polar surface area (TPSA) is 67.5 Å². The number of nitrogens with two attached hydrogens (primary N) is 1. The van der Waals surface area contributed by atoms with Gasteiger partial charge in [0, 0.05) is 37.8 Å². The molecule has 0 radical (unpaired) electrons. The van der Waals surface area contributed by atoms with Crippen LogP contribution in [0.15, 0.2) is 0 Å². The molecule has 2 N–H and O–H groups in total. The summed E-state index contributed by atoms with van der Waals surface area (Å²) in [6.45, 7) is 5.97. The van der Waals surface area contributed by atoms with Gasteiger partial charge in [-0.1, -0.05) is 0 Å². The van der Waals surface area contributed by atoms with E-state index in [2.05, 4.69) is 19.8 Å². The maximum Gasteiger partial charge on any atom is 0.222 e. The van der Waals surface area contributed by atoms with Crippen LogP contribution in [-0.4, -0.2) is 60.3 Å². The number of aryl methyl sites for hydroxylation is 1. The Balaban J connectivity index is 1.49. The van der Waals surface area contributed by atoms with E-state index in [9.17, 15) is 0 Å². The number of hydrogen-bond donors (Lipinski definition) is 1. The summed E-state index contributed by atoms with van der Waals surface area (Å²) < 4.78 is 5.43. The van der Waals surface area contributed by atoms with Gasteiger partial charge in [-0.3, -0.25) is 4.90 Å². The van der Waals surface area contributed by atoms with Crippen LogP contribution in [0.4, 0.5) is 11.8 Å². The van der Waals surface area contributed by atoms with E-state index in [1.54, 1.807) is 0 Å². The van der Waals surface area contributed by atoms with Crippen molar-refractivity contribution in [2.75, 3.05) is 50.0 Å². The van der Waals surface area contributed by atoms with Crippen LogP contribution in [0.25, 0.3) is 0 Å². The lowest BCUT2D eigenvalue weighted by Gasteiger charge is -2.47. The minimum atomic E-state index is 0.431. The normalized spacial score (nSPS) is 23.7. The third-order valence-electron chi connectivity index (χ3n) is 4.90. The van der Waals surface area contributed by atoms with Crippen molar-refractivity contribution >= 4 is 11.8 Å². The lowest BCUT2D eigenvalue weighted by atomic mass is 9.95. The number of ether oxygens (including phenoxy) is 1. The monoisotopic (exact) mass is 289 g/mol. The summed E-state index contributed by atoms with van der Waals surface area (Å²) in [5.41, 5.74) is 8.42. The number of anilines is 2. The first-order chi connectivity index (χ1) is 10.3. The first-order valence-electron chi connectivity index (χ1n) is 8.03. The Morgan fingerprint density at radius 2 is 1.81 bits per heavy atom. The fraction of sp³-hybridized carbons (Fsp3) is 0.733. The first kappa shape index (κ1) is 13.3. The highest BCUT2D eigenvalue weighted by molar-refractivity contribution is 5.55. The molecule has 1 aliphatic carbocycles. The van der Waals surface area contributed by atoms with Crippen LogP contribution in [0.2, 0.25) is 0 Å². The molecule has 1 aromatic rings. The molecule has 3 aliphatic rings. The summed E-state index contributed by atoms with van der Waals surface area (Å²) in [6, 6.07) is 0.643. The quantitative estimate of drug-likeness (QED) is 0.853. The molecule has 0 bridgehead atoms. The summed E-state index contributed by atoms with van der Waals surface area (Å²) in [4.78, 5) is 13.9. The molecule has 0 atom stereocenters. The molecule has 6 heteroatoms. The zero-order chi connectivity index (χ0) is 14.2. The molecule has 0 spiro atoms. The van der Waals surface area contributed by atoms with Crippen LogP contribution in [0.1, 0.15) is 24.1 Å². The smallest absolute Gasteiger partial charge is 0.222 e. The van der Waals surface area contributed by atoms with Gasteiger partial charge in [-0.15, -0.1) is 0 Å². The number of aromatic nitrogens is 2. The Hall–Kier alpha value is -1.40. The largest absolute Gasteiger partial charge is 0.379 e. The van der Waals surface area contributed by atoms with Crippen LogP contribution >= 0.6 is 0 Å². The molecule has 0 saturated carbocycles. The number of morpholine rings is 1. The average Bonchev–Trinajstić information content (AvgIpc) is 2.46. The number of nitrogens with zero attached hydrogens (tertiary/aromatic N) is 4. The van der Waals surface area contributed by atoms with Gasteiger partial charge < -0.3 is 15.4 Å². The summed E-state index contributed by atoms with van der Waals surface area (Å²) in [7, 11) is 0. The highest BCUT2D eigenvalue weighted by Gasteiger charge is 2.35. The Morgan fingerprint density at radius 1 is 1.05 bits per heavy atom. The first-order valence-corrected chi connectivity index (χ1v) is 8.03.